The third-order valence-corrected chi connectivity index (χ3v) is 7.39. The van der Waals surface area contributed by atoms with Gasteiger partial charge in [-0.25, -0.2) is 0 Å². The Morgan fingerprint density at radius 1 is 1.03 bits per heavy atom. The maximum Gasteiger partial charge on any atom is 0.269 e. The highest BCUT2D eigenvalue weighted by Gasteiger charge is 2.30. The van der Waals surface area contributed by atoms with Gasteiger partial charge in [-0.05, 0) is 35.2 Å². The Kier molecular flexibility index (Phi) is 11.5. The Labute approximate surface area is 236 Å². The zero-order valence-electron chi connectivity index (χ0n) is 20.9. The van der Waals surface area contributed by atoms with Gasteiger partial charge < -0.3 is 10.2 Å². The summed E-state index contributed by atoms with van der Waals surface area (Å²) in [5.74, 6) is 0.171. The Bertz CT molecular complexity index is 1240. The van der Waals surface area contributed by atoms with Crippen molar-refractivity contribution in [2.45, 2.75) is 38.1 Å². The van der Waals surface area contributed by atoms with E-state index in [0.29, 0.717) is 34.3 Å². The van der Waals surface area contributed by atoms with Crippen molar-refractivity contribution in [2.75, 3.05) is 12.3 Å². The van der Waals surface area contributed by atoms with Crippen LogP contribution >= 0.6 is 35.0 Å². The highest BCUT2D eigenvalue weighted by molar-refractivity contribution is 7.99. The summed E-state index contributed by atoms with van der Waals surface area (Å²) in [4.78, 5) is 39.0. The number of carbonyl (C=O) groups is 2. The second-order valence-electron chi connectivity index (χ2n) is 8.67. The molecule has 0 bridgehead atoms. The van der Waals surface area contributed by atoms with Crippen LogP contribution in [0.5, 0.6) is 0 Å². The molecule has 7 nitrogen and oxygen atoms in total. The Balaban J connectivity index is 1.83. The minimum absolute atomic E-state index is 0.0164. The third-order valence-electron chi connectivity index (χ3n) is 5.82. The van der Waals surface area contributed by atoms with E-state index in [1.807, 2.05) is 37.3 Å². The number of nitro groups is 1. The van der Waals surface area contributed by atoms with E-state index in [9.17, 15) is 19.7 Å². The molecule has 0 radical (unpaired) electrons. The van der Waals surface area contributed by atoms with Crippen LogP contribution in [0.2, 0.25) is 10.0 Å². The van der Waals surface area contributed by atoms with Crippen molar-refractivity contribution in [1.82, 2.24) is 10.2 Å². The molecule has 0 saturated heterocycles. The van der Waals surface area contributed by atoms with Gasteiger partial charge in [-0.1, -0.05) is 78.7 Å². The first-order chi connectivity index (χ1) is 18.3. The van der Waals surface area contributed by atoms with Crippen molar-refractivity contribution < 1.29 is 14.5 Å². The molecule has 1 atom stereocenters. The lowest BCUT2D eigenvalue weighted by Crippen LogP contribution is -2.51. The molecule has 0 aromatic heterocycles. The first-order valence-corrected chi connectivity index (χ1v) is 14.1. The minimum atomic E-state index is -0.747. The molecule has 10 heteroatoms. The van der Waals surface area contributed by atoms with E-state index in [4.69, 9.17) is 23.2 Å². The van der Waals surface area contributed by atoms with Gasteiger partial charge in [0.1, 0.15) is 6.04 Å². The SMILES string of the molecule is CCCNC(=O)C(Cc1ccccc1)N(Cc1ccc(Cl)cc1Cl)C(=O)CSCc1ccc([N+](=O)[O-])cc1. The van der Waals surface area contributed by atoms with Crippen molar-refractivity contribution in [3.63, 3.8) is 0 Å². The number of hydrogen-bond acceptors (Lipinski definition) is 5. The molecule has 1 unspecified atom stereocenters. The maximum absolute atomic E-state index is 13.6. The molecule has 3 aromatic rings. The lowest BCUT2D eigenvalue weighted by atomic mass is 10.0. The summed E-state index contributed by atoms with van der Waals surface area (Å²) >= 11 is 13.9. The van der Waals surface area contributed by atoms with Crippen LogP contribution in [0.25, 0.3) is 0 Å². The lowest BCUT2D eigenvalue weighted by molar-refractivity contribution is -0.384. The van der Waals surface area contributed by atoms with Gasteiger partial charge in [-0.3, -0.25) is 19.7 Å². The number of carbonyl (C=O) groups excluding carboxylic acids is 2. The topological polar surface area (TPSA) is 92.6 Å². The number of halogens is 2. The quantitative estimate of drug-likeness (QED) is 0.191. The molecule has 0 aliphatic carbocycles. The van der Waals surface area contributed by atoms with E-state index in [0.717, 1.165) is 17.5 Å². The summed E-state index contributed by atoms with van der Waals surface area (Å²) in [6, 6.07) is 20.2. The molecule has 0 heterocycles. The standard InChI is InChI=1S/C28H29Cl2N3O4S/c1-2-14-31-28(35)26(15-20-6-4-3-5-7-20)32(17-22-10-11-23(29)16-25(22)30)27(34)19-38-18-21-8-12-24(13-9-21)33(36)37/h3-13,16,26H,2,14-15,17-19H2,1H3,(H,31,35). The summed E-state index contributed by atoms with van der Waals surface area (Å²) in [5, 5.41) is 14.7. The minimum Gasteiger partial charge on any atom is -0.354 e. The smallest absolute Gasteiger partial charge is 0.269 e. The van der Waals surface area contributed by atoms with Crippen LogP contribution in [0.4, 0.5) is 5.69 Å². The monoisotopic (exact) mass is 573 g/mol. The number of nitrogens with one attached hydrogen (secondary N) is 1. The van der Waals surface area contributed by atoms with Gasteiger partial charge in [0.25, 0.3) is 5.69 Å². The van der Waals surface area contributed by atoms with Crippen LogP contribution in [-0.4, -0.2) is 40.0 Å². The van der Waals surface area contributed by atoms with E-state index in [1.54, 1.807) is 35.2 Å². The fourth-order valence-electron chi connectivity index (χ4n) is 3.81. The molecule has 1 N–H and O–H groups in total. The van der Waals surface area contributed by atoms with Crippen LogP contribution in [0.15, 0.2) is 72.8 Å². The molecule has 0 aliphatic heterocycles. The highest BCUT2D eigenvalue weighted by atomic mass is 35.5. The number of benzene rings is 3. The Morgan fingerprint density at radius 3 is 2.37 bits per heavy atom. The van der Waals surface area contributed by atoms with E-state index >= 15 is 0 Å². The van der Waals surface area contributed by atoms with E-state index < -0.39 is 11.0 Å². The number of thioether (sulfide) groups is 1. The summed E-state index contributed by atoms with van der Waals surface area (Å²) in [6.45, 7) is 2.62. The van der Waals surface area contributed by atoms with Crippen molar-refractivity contribution in [2.24, 2.45) is 0 Å². The molecular formula is C28H29Cl2N3O4S. The normalized spacial score (nSPS) is 11.6. The molecule has 0 saturated carbocycles. The number of non-ortho nitro benzene ring substituents is 1. The van der Waals surface area contributed by atoms with Crippen LogP contribution in [-0.2, 0) is 28.3 Å². The fourth-order valence-corrected chi connectivity index (χ4v) is 5.15. The van der Waals surface area contributed by atoms with Crippen molar-refractivity contribution >= 4 is 52.5 Å². The van der Waals surface area contributed by atoms with Gasteiger partial charge in [0.15, 0.2) is 0 Å². The van der Waals surface area contributed by atoms with Crippen molar-refractivity contribution in [3.05, 3.63) is 110 Å². The summed E-state index contributed by atoms with van der Waals surface area (Å²) in [7, 11) is 0. The van der Waals surface area contributed by atoms with Crippen LogP contribution < -0.4 is 5.32 Å². The van der Waals surface area contributed by atoms with E-state index in [2.05, 4.69) is 5.32 Å². The predicted octanol–water partition coefficient (Wildman–Crippen LogP) is 6.30. The molecule has 0 fully saturated rings. The summed E-state index contributed by atoms with van der Waals surface area (Å²) in [6.07, 6.45) is 1.12. The second kappa shape index (κ2) is 14.8. The van der Waals surface area contributed by atoms with Gasteiger partial charge in [0.05, 0.1) is 10.7 Å². The largest absolute Gasteiger partial charge is 0.354 e. The second-order valence-corrected chi connectivity index (χ2v) is 10.5. The van der Waals surface area contributed by atoms with Crippen molar-refractivity contribution in [3.8, 4) is 0 Å². The molecule has 3 rings (SSSR count). The Hall–Kier alpha value is -3.07. The molecule has 2 amide bonds. The predicted molar refractivity (Wildman–Crippen MR) is 154 cm³/mol. The van der Waals surface area contributed by atoms with Gasteiger partial charge in [-0.15, -0.1) is 11.8 Å². The van der Waals surface area contributed by atoms with Crippen LogP contribution in [0, 0.1) is 10.1 Å². The zero-order valence-corrected chi connectivity index (χ0v) is 23.3. The molecular weight excluding hydrogens is 545 g/mol. The first-order valence-electron chi connectivity index (χ1n) is 12.1. The van der Waals surface area contributed by atoms with Crippen LogP contribution in [0.1, 0.15) is 30.0 Å². The molecule has 200 valence electrons. The van der Waals surface area contributed by atoms with Gasteiger partial charge in [0.2, 0.25) is 11.8 Å². The molecule has 3 aromatic carbocycles. The summed E-state index contributed by atoms with van der Waals surface area (Å²) in [5.41, 5.74) is 2.50. The highest BCUT2D eigenvalue weighted by Crippen LogP contribution is 2.25. The van der Waals surface area contributed by atoms with Gasteiger partial charge in [-0.2, -0.15) is 0 Å². The van der Waals surface area contributed by atoms with Crippen LogP contribution in [0.3, 0.4) is 0 Å². The first kappa shape index (κ1) is 29.5. The average Bonchev–Trinajstić information content (AvgIpc) is 2.91. The van der Waals surface area contributed by atoms with E-state index in [-0.39, 0.29) is 29.8 Å². The van der Waals surface area contributed by atoms with E-state index in [1.165, 1.54) is 23.9 Å². The number of rotatable bonds is 13. The van der Waals surface area contributed by atoms with Gasteiger partial charge in [0, 0.05) is 47.4 Å². The fraction of sp³-hybridized carbons (Fsp3) is 0.286. The number of amides is 2. The number of hydrogen-bond donors (Lipinski definition) is 1. The third kappa shape index (κ3) is 8.75. The van der Waals surface area contributed by atoms with Crippen molar-refractivity contribution in [1.29, 1.82) is 0 Å². The number of nitro benzene ring substituents is 1. The zero-order chi connectivity index (χ0) is 27.5. The maximum atomic E-state index is 13.6. The average molecular weight is 575 g/mol. The number of nitrogens with zero attached hydrogens (tertiary/aromatic N) is 2. The molecule has 0 aliphatic rings. The lowest BCUT2D eigenvalue weighted by Gasteiger charge is -2.32. The summed E-state index contributed by atoms with van der Waals surface area (Å²) < 4.78 is 0. The molecule has 0 spiro atoms. The van der Waals surface area contributed by atoms with Gasteiger partial charge >= 0.3 is 0 Å². The Morgan fingerprint density at radius 2 is 1.74 bits per heavy atom. The molecule has 38 heavy (non-hydrogen) atoms.